The summed E-state index contributed by atoms with van der Waals surface area (Å²) < 4.78 is 21.9. The van der Waals surface area contributed by atoms with Crippen LogP contribution in [0.3, 0.4) is 0 Å². The summed E-state index contributed by atoms with van der Waals surface area (Å²) in [6.45, 7) is 3.07. The van der Waals surface area contributed by atoms with Gasteiger partial charge in [-0.25, -0.2) is 4.79 Å². The summed E-state index contributed by atoms with van der Waals surface area (Å²) >= 11 is 0. The van der Waals surface area contributed by atoms with Gasteiger partial charge >= 0.3 is 5.97 Å². The van der Waals surface area contributed by atoms with Crippen LogP contribution in [0.5, 0.6) is 11.5 Å². The van der Waals surface area contributed by atoms with E-state index in [0.29, 0.717) is 38.0 Å². The summed E-state index contributed by atoms with van der Waals surface area (Å²) in [5, 5.41) is 3.53. The monoisotopic (exact) mass is 413 g/mol. The van der Waals surface area contributed by atoms with Gasteiger partial charge in [0.2, 0.25) is 0 Å². The molecule has 0 aromatic heterocycles. The number of methoxy groups -OCH3 is 1. The Bertz CT molecular complexity index is 771. The molecule has 3 rings (SSSR count). The molecular weight excluding hydrogens is 382 g/mol. The Balaban J connectivity index is 1.30. The lowest BCUT2D eigenvalue weighted by molar-refractivity contribution is 0.0600. The summed E-state index contributed by atoms with van der Waals surface area (Å²) in [5.74, 6) is 1.16. The summed E-state index contributed by atoms with van der Waals surface area (Å²) in [6, 6.07) is 15.4. The number of esters is 1. The molecule has 1 fully saturated rings. The predicted octanol–water partition coefficient (Wildman–Crippen LogP) is 3.98. The van der Waals surface area contributed by atoms with Crippen LogP contribution in [0.2, 0.25) is 0 Å². The van der Waals surface area contributed by atoms with E-state index in [9.17, 15) is 4.79 Å². The van der Waals surface area contributed by atoms with Gasteiger partial charge in [-0.15, -0.1) is 0 Å². The number of benzene rings is 2. The van der Waals surface area contributed by atoms with Crippen molar-refractivity contribution < 1.29 is 23.7 Å². The van der Waals surface area contributed by atoms with Gasteiger partial charge in [-0.05, 0) is 54.8 Å². The number of ether oxygens (including phenoxy) is 4. The lowest BCUT2D eigenvalue weighted by Gasteiger charge is -2.12. The first-order valence-electron chi connectivity index (χ1n) is 10.6. The highest BCUT2D eigenvalue weighted by molar-refractivity contribution is 5.89. The maximum Gasteiger partial charge on any atom is 0.337 e. The fourth-order valence-corrected chi connectivity index (χ4v) is 3.49. The largest absolute Gasteiger partial charge is 0.491 e. The van der Waals surface area contributed by atoms with Crippen LogP contribution in [0.4, 0.5) is 0 Å². The predicted molar refractivity (Wildman–Crippen MR) is 115 cm³/mol. The van der Waals surface area contributed by atoms with Gasteiger partial charge in [0.15, 0.2) is 0 Å². The molecule has 0 atom stereocenters. The Kier molecular flexibility index (Phi) is 9.00. The minimum absolute atomic E-state index is 0.354. The molecule has 1 N–H and O–H groups in total. The fraction of sp³-hybridized carbons (Fsp3) is 0.458. The first-order chi connectivity index (χ1) is 14.7. The molecule has 0 saturated heterocycles. The Hall–Kier alpha value is -2.57. The second-order valence-electron chi connectivity index (χ2n) is 7.35. The van der Waals surface area contributed by atoms with Crippen molar-refractivity contribution in [3.8, 4) is 11.5 Å². The highest BCUT2D eigenvalue weighted by Crippen LogP contribution is 2.19. The van der Waals surface area contributed by atoms with Crippen LogP contribution in [0.1, 0.15) is 41.6 Å². The Morgan fingerprint density at radius 1 is 0.967 bits per heavy atom. The molecule has 6 heteroatoms. The molecule has 2 aromatic rings. The molecule has 0 aliphatic heterocycles. The van der Waals surface area contributed by atoms with Crippen LogP contribution in [0.15, 0.2) is 48.5 Å². The van der Waals surface area contributed by atoms with Gasteiger partial charge in [-0.1, -0.05) is 25.0 Å². The molecule has 0 spiro atoms. The average Bonchev–Trinajstić information content (AvgIpc) is 3.31. The smallest absolute Gasteiger partial charge is 0.337 e. The highest BCUT2D eigenvalue weighted by atomic mass is 16.5. The highest BCUT2D eigenvalue weighted by Gasteiger charge is 2.13. The molecule has 0 amide bonds. The number of hydrogen-bond donors (Lipinski definition) is 1. The topological polar surface area (TPSA) is 66.0 Å². The Labute approximate surface area is 178 Å². The van der Waals surface area contributed by atoms with Crippen LogP contribution < -0.4 is 14.8 Å². The number of carbonyl (C=O) groups is 1. The van der Waals surface area contributed by atoms with E-state index >= 15 is 0 Å². The van der Waals surface area contributed by atoms with Crippen molar-refractivity contribution in [2.75, 3.05) is 33.5 Å². The van der Waals surface area contributed by atoms with Crippen molar-refractivity contribution in [3.05, 3.63) is 59.7 Å². The Morgan fingerprint density at radius 3 is 2.43 bits per heavy atom. The van der Waals surface area contributed by atoms with Crippen molar-refractivity contribution in [1.29, 1.82) is 0 Å². The molecule has 2 aromatic carbocycles. The minimum atomic E-state index is -0.354. The summed E-state index contributed by atoms with van der Waals surface area (Å²) in [6.07, 6.45) is 5.28. The van der Waals surface area contributed by atoms with Crippen molar-refractivity contribution in [2.24, 2.45) is 0 Å². The van der Waals surface area contributed by atoms with E-state index < -0.39 is 0 Å². The van der Waals surface area contributed by atoms with Crippen molar-refractivity contribution in [3.63, 3.8) is 0 Å². The fourth-order valence-electron chi connectivity index (χ4n) is 3.49. The molecule has 0 heterocycles. The summed E-state index contributed by atoms with van der Waals surface area (Å²) in [5.41, 5.74) is 1.41. The van der Waals surface area contributed by atoms with E-state index in [-0.39, 0.29) is 5.97 Å². The molecule has 162 valence electrons. The van der Waals surface area contributed by atoms with E-state index in [4.69, 9.17) is 18.9 Å². The van der Waals surface area contributed by atoms with E-state index in [1.54, 1.807) is 12.1 Å². The second kappa shape index (κ2) is 12.2. The van der Waals surface area contributed by atoms with Crippen LogP contribution in [0.25, 0.3) is 0 Å². The summed E-state index contributed by atoms with van der Waals surface area (Å²) in [7, 11) is 1.37. The molecule has 30 heavy (non-hydrogen) atoms. The molecule has 1 saturated carbocycles. The van der Waals surface area contributed by atoms with Crippen molar-refractivity contribution >= 4 is 5.97 Å². The SMILES string of the molecule is COC(=O)c1cccc(COc2ccc(OCCOCCNC3CCCC3)cc2)c1. The molecule has 1 aliphatic carbocycles. The molecule has 1 aliphatic rings. The minimum Gasteiger partial charge on any atom is -0.491 e. The second-order valence-corrected chi connectivity index (χ2v) is 7.35. The maximum absolute atomic E-state index is 11.6. The van der Waals surface area contributed by atoms with E-state index in [2.05, 4.69) is 5.32 Å². The summed E-state index contributed by atoms with van der Waals surface area (Å²) in [4.78, 5) is 11.6. The lowest BCUT2D eigenvalue weighted by atomic mass is 10.1. The van der Waals surface area contributed by atoms with Gasteiger partial charge in [-0.3, -0.25) is 0 Å². The van der Waals surface area contributed by atoms with Gasteiger partial charge in [0.1, 0.15) is 24.7 Å². The van der Waals surface area contributed by atoms with Crippen molar-refractivity contribution in [1.82, 2.24) is 5.32 Å². The molecule has 0 unspecified atom stereocenters. The third kappa shape index (κ3) is 7.35. The molecule has 0 radical (unpaired) electrons. The molecule has 0 bridgehead atoms. The van der Waals surface area contributed by atoms with Gasteiger partial charge in [0, 0.05) is 12.6 Å². The Morgan fingerprint density at radius 2 is 1.70 bits per heavy atom. The lowest BCUT2D eigenvalue weighted by Crippen LogP contribution is -2.29. The van der Waals surface area contributed by atoms with E-state index in [1.807, 2.05) is 36.4 Å². The zero-order valence-corrected chi connectivity index (χ0v) is 17.6. The first kappa shape index (κ1) is 22.1. The maximum atomic E-state index is 11.6. The first-order valence-corrected chi connectivity index (χ1v) is 10.6. The average molecular weight is 414 g/mol. The quantitative estimate of drug-likeness (QED) is 0.419. The standard InChI is InChI=1S/C24H31NO5/c1-27-24(26)20-6-4-5-19(17-20)18-30-23-11-9-22(10-12-23)29-16-15-28-14-13-25-21-7-2-3-8-21/h4-6,9-12,17,21,25H,2-3,7-8,13-16,18H2,1H3. The van der Waals surface area contributed by atoms with Crippen LogP contribution in [-0.2, 0) is 16.1 Å². The number of hydrogen-bond acceptors (Lipinski definition) is 6. The zero-order chi connectivity index (χ0) is 21.0. The normalized spacial score (nSPS) is 13.9. The third-order valence-electron chi connectivity index (χ3n) is 5.11. The van der Waals surface area contributed by atoms with Gasteiger partial charge in [0.05, 0.1) is 25.9 Å². The van der Waals surface area contributed by atoms with Gasteiger partial charge < -0.3 is 24.3 Å². The third-order valence-corrected chi connectivity index (χ3v) is 5.11. The van der Waals surface area contributed by atoms with Crippen molar-refractivity contribution in [2.45, 2.75) is 38.3 Å². The van der Waals surface area contributed by atoms with Gasteiger partial charge in [-0.2, -0.15) is 0 Å². The van der Waals surface area contributed by atoms with Crippen LogP contribution in [0, 0.1) is 0 Å². The number of carbonyl (C=O) groups excluding carboxylic acids is 1. The molecule has 6 nitrogen and oxygen atoms in total. The van der Waals surface area contributed by atoms with Crippen LogP contribution >= 0.6 is 0 Å². The van der Waals surface area contributed by atoms with Crippen LogP contribution in [-0.4, -0.2) is 45.5 Å². The number of nitrogens with one attached hydrogen (secondary N) is 1. The van der Waals surface area contributed by atoms with E-state index in [0.717, 1.165) is 23.6 Å². The van der Waals surface area contributed by atoms with Gasteiger partial charge in [0.25, 0.3) is 0 Å². The zero-order valence-electron chi connectivity index (χ0n) is 17.6. The number of rotatable bonds is 12. The molecular formula is C24H31NO5. The van der Waals surface area contributed by atoms with E-state index in [1.165, 1.54) is 32.8 Å².